The van der Waals surface area contributed by atoms with Crippen molar-refractivity contribution in [1.29, 1.82) is 0 Å². The van der Waals surface area contributed by atoms with Gasteiger partial charge in [-0.05, 0) is 25.0 Å². The zero-order chi connectivity index (χ0) is 13.5. The van der Waals surface area contributed by atoms with Crippen molar-refractivity contribution in [2.24, 2.45) is 0 Å². The first-order valence-corrected chi connectivity index (χ1v) is 7.26. The summed E-state index contributed by atoms with van der Waals surface area (Å²) in [6.45, 7) is 6.93. The number of rotatable bonds is 7. The Morgan fingerprint density at radius 2 is 2.17 bits per heavy atom. The average molecular weight is 268 g/mol. The zero-order valence-electron chi connectivity index (χ0n) is 11.1. The van der Waals surface area contributed by atoms with Gasteiger partial charge in [0.1, 0.15) is 5.69 Å². The highest BCUT2D eigenvalue weighted by Gasteiger charge is 2.14. The van der Waals surface area contributed by atoms with Gasteiger partial charge in [0.05, 0.1) is 4.92 Å². The summed E-state index contributed by atoms with van der Waals surface area (Å²) >= 11 is 1.83. The molecule has 4 nitrogen and oxygen atoms in total. The lowest BCUT2D eigenvalue weighted by molar-refractivity contribution is -0.384. The van der Waals surface area contributed by atoms with Crippen molar-refractivity contribution in [1.82, 2.24) is 0 Å². The summed E-state index contributed by atoms with van der Waals surface area (Å²) in [5, 5.41) is 14.6. The quantitative estimate of drug-likeness (QED) is 0.598. The Morgan fingerprint density at radius 1 is 1.44 bits per heavy atom. The number of hydrogen-bond acceptors (Lipinski definition) is 4. The fourth-order valence-electron chi connectivity index (χ4n) is 1.51. The lowest BCUT2D eigenvalue weighted by Crippen LogP contribution is -2.02. The molecule has 0 bridgehead atoms. The van der Waals surface area contributed by atoms with Gasteiger partial charge < -0.3 is 5.32 Å². The van der Waals surface area contributed by atoms with Gasteiger partial charge in [0.2, 0.25) is 0 Å². The normalized spacial score (nSPS) is 12.2. The maximum Gasteiger partial charge on any atom is 0.292 e. The van der Waals surface area contributed by atoms with E-state index in [1.165, 1.54) is 0 Å². The third-order valence-electron chi connectivity index (χ3n) is 2.74. The molecule has 0 saturated carbocycles. The van der Waals surface area contributed by atoms with Crippen LogP contribution in [-0.4, -0.2) is 16.7 Å². The van der Waals surface area contributed by atoms with E-state index in [1.54, 1.807) is 12.1 Å². The maximum atomic E-state index is 11.0. The molecule has 18 heavy (non-hydrogen) atoms. The second-order valence-electron chi connectivity index (χ2n) is 4.17. The molecular weight excluding hydrogens is 248 g/mol. The zero-order valence-corrected chi connectivity index (χ0v) is 11.9. The van der Waals surface area contributed by atoms with E-state index in [1.807, 2.05) is 24.8 Å². The fraction of sp³-hybridized carbons (Fsp3) is 0.538. The molecule has 1 rings (SSSR count). The number of hydrogen-bond donors (Lipinski definition) is 1. The molecule has 0 aromatic heterocycles. The number of nitrogens with zero attached hydrogens (tertiary/aromatic N) is 1. The lowest BCUT2D eigenvalue weighted by Gasteiger charge is -2.09. The number of anilines is 1. The summed E-state index contributed by atoms with van der Waals surface area (Å²) in [6.07, 6.45) is 1.11. The number of nitro benzene ring substituents is 1. The molecule has 0 spiro atoms. The lowest BCUT2D eigenvalue weighted by atomic mass is 10.2. The molecule has 0 radical (unpaired) electrons. The van der Waals surface area contributed by atoms with Gasteiger partial charge in [-0.25, -0.2) is 0 Å². The minimum atomic E-state index is -0.324. The number of nitro groups is 1. The highest BCUT2D eigenvalue weighted by molar-refractivity contribution is 7.99. The SMILES string of the molecule is CCNc1ccc(CSC(C)CC)cc1[N+](=O)[O-]. The standard InChI is InChI=1S/C13H20N2O2S/c1-4-10(3)18-9-11-6-7-12(14-5-2)13(8-11)15(16)17/h6-8,10,14H,4-5,9H2,1-3H3. The van der Waals surface area contributed by atoms with E-state index in [9.17, 15) is 10.1 Å². The first kappa shape index (κ1) is 14.8. The predicted molar refractivity (Wildman–Crippen MR) is 78.3 cm³/mol. The van der Waals surface area contributed by atoms with E-state index in [2.05, 4.69) is 19.2 Å². The van der Waals surface area contributed by atoms with Gasteiger partial charge in [-0.1, -0.05) is 19.9 Å². The number of benzene rings is 1. The summed E-state index contributed by atoms with van der Waals surface area (Å²) in [4.78, 5) is 10.7. The van der Waals surface area contributed by atoms with Crippen LogP contribution in [0.4, 0.5) is 11.4 Å². The van der Waals surface area contributed by atoms with Crippen LogP contribution in [0.3, 0.4) is 0 Å². The molecule has 1 aromatic carbocycles. The summed E-state index contributed by atoms with van der Waals surface area (Å²) in [5.41, 5.74) is 1.77. The van der Waals surface area contributed by atoms with Crippen LogP contribution in [-0.2, 0) is 5.75 Å². The first-order chi connectivity index (χ1) is 8.58. The Hall–Kier alpha value is -1.23. The van der Waals surface area contributed by atoms with Crippen molar-refractivity contribution in [3.8, 4) is 0 Å². The van der Waals surface area contributed by atoms with Crippen LogP contribution in [0.1, 0.15) is 32.8 Å². The van der Waals surface area contributed by atoms with Crippen molar-refractivity contribution in [3.63, 3.8) is 0 Å². The average Bonchev–Trinajstić information content (AvgIpc) is 2.37. The molecule has 1 aromatic rings. The van der Waals surface area contributed by atoms with E-state index in [4.69, 9.17) is 0 Å². The maximum absolute atomic E-state index is 11.0. The van der Waals surface area contributed by atoms with Gasteiger partial charge in [0.25, 0.3) is 5.69 Å². The minimum absolute atomic E-state index is 0.166. The Balaban J connectivity index is 2.83. The van der Waals surface area contributed by atoms with Crippen LogP contribution in [0.15, 0.2) is 18.2 Å². The van der Waals surface area contributed by atoms with Crippen LogP contribution in [0.25, 0.3) is 0 Å². The van der Waals surface area contributed by atoms with Crippen LogP contribution in [0.5, 0.6) is 0 Å². The summed E-state index contributed by atoms with van der Waals surface area (Å²) in [7, 11) is 0. The molecule has 0 amide bonds. The third kappa shape index (κ3) is 4.22. The fourth-order valence-corrected chi connectivity index (χ4v) is 2.41. The molecule has 100 valence electrons. The van der Waals surface area contributed by atoms with Crippen molar-refractivity contribution < 1.29 is 4.92 Å². The largest absolute Gasteiger partial charge is 0.380 e. The molecule has 1 atom stereocenters. The Bertz CT molecular complexity index is 410. The van der Waals surface area contributed by atoms with Gasteiger partial charge in [0.15, 0.2) is 0 Å². The Kier molecular flexibility index (Phi) is 5.98. The van der Waals surface area contributed by atoms with Gasteiger partial charge in [0, 0.05) is 23.6 Å². The van der Waals surface area contributed by atoms with Crippen LogP contribution < -0.4 is 5.32 Å². The third-order valence-corrected chi connectivity index (χ3v) is 4.14. The van der Waals surface area contributed by atoms with Crippen LogP contribution >= 0.6 is 11.8 Å². The molecule has 0 fully saturated rings. The molecule has 0 aliphatic carbocycles. The van der Waals surface area contributed by atoms with Gasteiger partial charge in [-0.3, -0.25) is 10.1 Å². The van der Waals surface area contributed by atoms with Crippen LogP contribution in [0, 0.1) is 10.1 Å². The smallest absolute Gasteiger partial charge is 0.292 e. The molecule has 0 heterocycles. The minimum Gasteiger partial charge on any atom is -0.380 e. The van der Waals surface area contributed by atoms with E-state index in [-0.39, 0.29) is 10.6 Å². The monoisotopic (exact) mass is 268 g/mol. The predicted octanol–water partition coefficient (Wildman–Crippen LogP) is 4.06. The molecule has 0 aliphatic heterocycles. The second-order valence-corrected chi connectivity index (χ2v) is 5.60. The van der Waals surface area contributed by atoms with Gasteiger partial charge in [-0.2, -0.15) is 11.8 Å². The second kappa shape index (κ2) is 7.26. The molecule has 0 saturated heterocycles. The van der Waals surface area contributed by atoms with Gasteiger partial charge >= 0.3 is 0 Å². The molecule has 0 aliphatic rings. The number of thioether (sulfide) groups is 1. The highest BCUT2D eigenvalue weighted by Crippen LogP contribution is 2.28. The van der Waals surface area contributed by atoms with E-state index in [0.717, 1.165) is 17.7 Å². The molecule has 1 N–H and O–H groups in total. The van der Waals surface area contributed by atoms with Crippen molar-refractivity contribution in [2.75, 3.05) is 11.9 Å². The Morgan fingerprint density at radius 3 is 2.72 bits per heavy atom. The highest BCUT2D eigenvalue weighted by atomic mass is 32.2. The summed E-state index contributed by atoms with van der Waals surface area (Å²) in [5.74, 6) is 0.822. The van der Waals surface area contributed by atoms with Crippen LogP contribution in [0.2, 0.25) is 0 Å². The van der Waals surface area contributed by atoms with E-state index in [0.29, 0.717) is 17.5 Å². The summed E-state index contributed by atoms with van der Waals surface area (Å²) in [6, 6.07) is 5.43. The van der Waals surface area contributed by atoms with E-state index < -0.39 is 0 Å². The molecular formula is C13H20N2O2S. The molecule has 1 unspecified atom stereocenters. The first-order valence-electron chi connectivity index (χ1n) is 6.21. The van der Waals surface area contributed by atoms with Crippen molar-refractivity contribution >= 4 is 23.1 Å². The summed E-state index contributed by atoms with van der Waals surface area (Å²) < 4.78 is 0. The Labute approximate surface area is 112 Å². The van der Waals surface area contributed by atoms with E-state index >= 15 is 0 Å². The number of nitrogens with one attached hydrogen (secondary N) is 1. The van der Waals surface area contributed by atoms with Gasteiger partial charge in [-0.15, -0.1) is 0 Å². The molecule has 5 heteroatoms. The van der Waals surface area contributed by atoms with Crippen molar-refractivity contribution in [2.45, 2.75) is 38.2 Å². The topological polar surface area (TPSA) is 55.2 Å². The van der Waals surface area contributed by atoms with Crippen molar-refractivity contribution in [3.05, 3.63) is 33.9 Å².